The van der Waals surface area contributed by atoms with Crippen LogP contribution in [0, 0.1) is 5.41 Å². The van der Waals surface area contributed by atoms with E-state index in [1.807, 2.05) is 0 Å². The SMILES string of the molecule is C/C(=C\CCP(=O)(OCOC(=O)C(C)(C)C)Oc1ccc(C(F)(F)F)cc1)CO. The van der Waals surface area contributed by atoms with Gasteiger partial charge in [-0.1, -0.05) is 11.6 Å². The Morgan fingerprint density at radius 3 is 2.24 bits per heavy atom. The molecule has 0 fully saturated rings. The number of aliphatic hydroxyl groups is 1. The van der Waals surface area contributed by atoms with Crippen LogP contribution < -0.4 is 4.52 Å². The molecule has 6 nitrogen and oxygen atoms in total. The van der Waals surface area contributed by atoms with Crippen LogP contribution >= 0.6 is 7.60 Å². The maximum absolute atomic E-state index is 13.0. The van der Waals surface area contributed by atoms with Crippen LogP contribution in [0.2, 0.25) is 0 Å². The molecule has 10 heteroatoms. The first-order chi connectivity index (χ1) is 13.3. The lowest BCUT2D eigenvalue weighted by Crippen LogP contribution is -2.24. The van der Waals surface area contributed by atoms with Gasteiger partial charge in [0.05, 0.1) is 23.7 Å². The summed E-state index contributed by atoms with van der Waals surface area (Å²) in [6, 6.07) is 3.67. The number of benzene rings is 1. The predicted octanol–water partition coefficient (Wildman–Crippen LogP) is 5.17. The maximum atomic E-state index is 13.0. The minimum Gasteiger partial charge on any atom is -0.438 e. The van der Waals surface area contributed by atoms with E-state index in [0.29, 0.717) is 5.57 Å². The average Bonchev–Trinajstić information content (AvgIpc) is 2.60. The van der Waals surface area contributed by atoms with Crippen molar-refractivity contribution >= 4 is 13.6 Å². The molecule has 0 amide bonds. The van der Waals surface area contributed by atoms with E-state index >= 15 is 0 Å². The Morgan fingerprint density at radius 2 is 1.76 bits per heavy atom. The first-order valence-electron chi connectivity index (χ1n) is 8.81. The van der Waals surface area contributed by atoms with Crippen molar-refractivity contribution in [1.29, 1.82) is 0 Å². The molecule has 1 rings (SSSR count). The molecule has 1 N–H and O–H groups in total. The Morgan fingerprint density at radius 1 is 1.17 bits per heavy atom. The summed E-state index contributed by atoms with van der Waals surface area (Å²) in [6.45, 7) is 5.78. The van der Waals surface area contributed by atoms with Crippen molar-refractivity contribution in [3.8, 4) is 5.75 Å². The lowest BCUT2D eigenvalue weighted by molar-refractivity contribution is -0.159. The highest BCUT2D eigenvalue weighted by Gasteiger charge is 2.31. The van der Waals surface area contributed by atoms with Crippen LogP contribution in [0.15, 0.2) is 35.9 Å². The molecule has 0 spiro atoms. The zero-order chi connectivity index (χ0) is 22.3. The number of halogens is 3. The van der Waals surface area contributed by atoms with Crippen molar-refractivity contribution in [2.24, 2.45) is 5.41 Å². The lowest BCUT2D eigenvalue weighted by Gasteiger charge is -2.21. The van der Waals surface area contributed by atoms with Gasteiger partial charge >= 0.3 is 19.7 Å². The number of rotatable bonds is 9. The summed E-state index contributed by atoms with van der Waals surface area (Å²) in [4.78, 5) is 11.8. The van der Waals surface area contributed by atoms with Gasteiger partial charge in [-0.3, -0.25) is 9.32 Å². The van der Waals surface area contributed by atoms with E-state index < -0.39 is 37.5 Å². The Bertz CT molecular complexity index is 751. The molecule has 29 heavy (non-hydrogen) atoms. The second-order valence-electron chi connectivity index (χ2n) is 7.37. The molecule has 1 aromatic carbocycles. The molecule has 0 aliphatic rings. The largest absolute Gasteiger partial charge is 0.438 e. The molecule has 0 saturated heterocycles. The second-order valence-corrected chi connectivity index (χ2v) is 9.48. The highest BCUT2D eigenvalue weighted by Crippen LogP contribution is 2.49. The van der Waals surface area contributed by atoms with E-state index in [4.69, 9.17) is 18.9 Å². The fourth-order valence-corrected chi connectivity index (χ4v) is 3.29. The number of hydrogen-bond acceptors (Lipinski definition) is 6. The third-order valence-electron chi connectivity index (χ3n) is 3.62. The number of esters is 1. The number of aliphatic hydroxyl groups excluding tert-OH is 1. The molecule has 0 aliphatic carbocycles. The van der Waals surface area contributed by atoms with Gasteiger partial charge in [-0.15, -0.1) is 0 Å². The van der Waals surface area contributed by atoms with Gasteiger partial charge < -0.3 is 14.4 Å². The highest BCUT2D eigenvalue weighted by molar-refractivity contribution is 7.54. The van der Waals surface area contributed by atoms with Crippen LogP contribution in [-0.2, 0) is 24.8 Å². The first kappa shape index (κ1) is 25.2. The summed E-state index contributed by atoms with van der Waals surface area (Å²) in [5.41, 5.74) is -1.02. The van der Waals surface area contributed by atoms with Crippen LogP contribution in [0.1, 0.15) is 39.7 Å². The van der Waals surface area contributed by atoms with E-state index in [0.717, 1.165) is 24.3 Å². The first-order valence-corrected chi connectivity index (χ1v) is 10.5. The summed E-state index contributed by atoms with van der Waals surface area (Å²) in [5, 5.41) is 9.02. The molecule has 1 aromatic rings. The minimum atomic E-state index is -4.51. The Hall–Kier alpha value is -1.83. The van der Waals surface area contributed by atoms with E-state index in [1.54, 1.807) is 33.8 Å². The summed E-state index contributed by atoms with van der Waals surface area (Å²) < 4.78 is 66.5. The molecular formula is C19H26F3O6P. The summed E-state index contributed by atoms with van der Waals surface area (Å²) in [5.74, 6) is -0.652. The summed E-state index contributed by atoms with van der Waals surface area (Å²) >= 11 is 0. The number of carbonyl (C=O) groups excluding carboxylic acids is 1. The van der Waals surface area contributed by atoms with Gasteiger partial charge in [-0.05, 0) is 58.4 Å². The topological polar surface area (TPSA) is 82.1 Å². The van der Waals surface area contributed by atoms with Gasteiger partial charge in [-0.2, -0.15) is 13.2 Å². The fourth-order valence-electron chi connectivity index (χ4n) is 1.91. The average molecular weight is 438 g/mol. The zero-order valence-corrected chi connectivity index (χ0v) is 17.7. The van der Waals surface area contributed by atoms with Crippen LogP contribution in [0.25, 0.3) is 0 Å². The van der Waals surface area contributed by atoms with Crippen LogP contribution in [0.5, 0.6) is 5.75 Å². The smallest absolute Gasteiger partial charge is 0.416 e. The Kier molecular flexibility index (Phi) is 8.93. The predicted molar refractivity (Wildman–Crippen MR) is 102 cm³/mol. The van der Waals surface area contributed by atoms with E-state index in [9.17, 15) is 22.5 Å². The monoisotopic (exact) mass is 438 g/mol. The fraction of sp³-hybridized carbons (Fsp3) is 0.526. The standard InChI is InChI=1S/C19H26F3O6P/c1-14(12-23)6-5-11-29(25,27-13-26-17(24)18(2,3)4)28-16-9-7-15(8-10-16)19(20,21)22/h6-10,23H,5,11-13H2,1-4H3/b14-6+. The molecule has 0 heterocycles. The van der Waals surface area contributed by atoms with Crippen molar-refractivity contribution < 1.29 is 41.4 Å². The second kappa shape index (κ2) is 10.3. The molecular weight excluding hydrogens is 412 g/mol. The number of carbonyl (C=O) groups is 1. The van der Waals surface area contributed by atoms with Gasteiger partial charge in [0.15, 0.2) is 0 Å². The van der Waals surface area contributed by atoms with Crippen molar-refractivity contribution in [2.45, 2.75) is 40.3 Å². The third-order valence-corrected chi connectivity index (χ3v) is 5.42. The molecule has 0 bridgehead atoms. The van der Waals surface area contributed by atoms with Crippen molar-refractivity contribution in [2.75, 3.05) is 19.6 Å². The molecule has 0 aromatic heterocycles. The number of hydrogen-bond donors (Lipinski definition) is 1. The highest BCUT2D eigenvalue weighted by atomic mass is 31.2. The van der Waals surface area contributed by atoms with Gasteiger partial charge in [0.25, 0.3) is 0 Å². The Labute approximate surface area is 168 Å². The van der Waals surface area contributed by atoms with Gasteiger partial charge in [0.2, 0.25) is 6.79 Å². The van der Waals surface area contributed by atoms with Gasteiger partial charge in [0, 0.05) is 0 Å². The molecule has 0 aliphatic heterocycles. The summed E-state index contributed by atoms with van der Waals surface area (Å²) in [6.07, 6.45) is -2.78. The van der Waals surface area contributed by atoms with E-state index in [2.05, 4.69) is 0 Å². The van der Waals surface area contributed by atoms with Crippen LogP contribution in [0.3, 0.4) is 0 Å². The third kappa shape index (κ3) is 9.02. The van der Waals surface area contributed by atoms with Crippen molar-refractivity contribution in [3.63, 3.8) is 0 Å². The molecule has 1 atom stereocenters. The Balaban J connectivity index is 2.89. The summed E-state index contributed by atoms with van der Waals surface area (Å²) in [7, 11) is -3.86. The van der Waals surface area contributed by atoms with E-state index in [-0.39, 0.29) is 24.9 Å². The number of allylic oxidation sites excluding steroid dienone is 1. The minimum absolute atomic E-state index is 0.0775. The van der Waals surface area contributed by atoms with Gasteiger partial charge in [-0.25, -0.2) is 4.57 Å². The van der Waals surface area contributed by atoms with Crippen molar-refractivity contribution in [1.82, 2.24) is 0 Å². The van der Waals surface area contributed by atoms with Gasteiger partial charge in [0.1, 0.15) is 5.75 Å². The molecule has 1 unspecified atom stereocenters. The van der Waals surface area contributed by atoms with Crippen molar-refractivity contribution in [3.05, 3.63) is 41.5 Å². The van der Waals surface area contributed by atoms with Crippen LogP contribution in [0.4, 0.5) is 13.2 Å². The lowest BCUT2D eigenvalue weighted by atomic mass is 9.98. The van der Waals surface area contributed by atoms with Crippen LogP contribution in [-0.4, -0.2) is 30.6 Å². The molecule has 164 valence electrons. The zero-order valence-electron chi connectivity index (χ0n) is 16.8. The van der Waals surface area contributed by atoms with E-state index in [1.165, 1.54) is 0 Å². The maximum Gasteiger partial charge on any atom is 0.416 e. The molecule has 0 radical (unpaired) electrons. The normalized spacial score (nSPS) is 15.0. The number of alkyl halides is 3. The quantitative estimate of drug-likeness (QED) is 0.248. The number of ether oxygens (including phenoxy) is 1. The molecule has 0 saturated carbocycles.